The molecule has 1 aromatic carbocycles. The van der Waals surface area contributed by atoms with Gasteiger partial charge in [-0.3, -0.25) is 4.79 Å². The van der Waals surface area contributed by atoms with Crippen molar-refractivity contribution in [1.82, 2.24) is 9.97 Å². The van der Waals surface area contributed by atoms with E-state index in [9.17, 15) is 9.90 Å². The summed E-state index contributed by atoms with van der Waals surface area (Å²) in [5.74, 6) is -0.991. The minimum Gasteiger partial charge on any atom is -0.493 e. The first-order chi connectivity index (χ1) is 9.52. The minimum atomic E-state index is -0.592. The lowest BCUT2D eigenvalue weighted by molar-refractivity contribution is 0.102. The number of nitrogens with one attached hydrogen (secondary N) is 1. The molecular formula is C12H9Cl2N3O2S. The lowest BCUT2D eigenvalue weighted by Crippen LogP contribution is -2.14. The number of hydrogen-bond donors (Lipinski definition) is 2. The van der Waals surface area contributed by atoms with Gasteiger partial charge in [0.25, 0.3) is 5.91 Å². The van der Waals surface area contributed by atoms with E-state index in [1.807, 2.05) is 0 Å². The molecule has 0 unspecified atom stereocenters. The predicted octanol–water partition coefficient (Wildman–Crippen LogP) is 3.46. The highest BCUT2D eigenvalue weighted by Crippen LogP contribution is 2.30. The number of carbonyl (C=O) groups is 1. The molecule has 0 saturated carbocycles. The molecule has 0 aliphatic carbocycles. The minimum absolute atomic E-state index is 0.0567. The maximum atomic E-state index is 12.1. The first-order valence-corrected chi connectivity index (χ1v) is 7.36. The Hall–Kier alpha value is -1.50. The smallest absolute Gasteiger partial charge is 0.262 e. The molecule has 0 fully saturated rings. The summed E-state index contributed by atoms with van der Waals surface area (Å²) in [5, 5.41) is 13.2. The van der Waals surface area contributed by atoms with Crippen LogP contribution in [0.25, 0.3) is 0 Å². The number of carbonyl (C=O) groups excluding carboxylic acids is 1. The Balaban J connectivity index is 2.29. The van der Waals surface area contributed by atoms with Gasteiger partial charge in [-0.25, -0.2) is 4.98 Å². The van der Waals surface area contributed by atoms with Crippen molar-refractivity contribution in [2.45, 2.75) is 5.16 Å². The summed E-state index contributed by atoms with van der Waals surface area (Å²) >= 11 is 13.2. The molecule has 2 aromatic rings. The van der Waals surface area contributed by atoms with E-state index in [0.717, 1.165) is 0 Å². The molecule has 20 heavy (non-hydrogen) atoms. The lowest BCUT2D eigenvalue weighted by atomic mass is 10.2. The first-order valence-electron chi connectivity index (χ1n) is 5.38. The van der Waals surface area contributed by atoms with Crippen molar-refractivity contribution in [3.63, 3.8) is 0 Å². The van der Waals surface area contributed by atoms with Crippen molar-refractivity contribution in [3.8, 4) is 5.88 Å². The summed E-state index contributed by atoms with van der Waals surface area (Å²) in [6.07, 6.45) is 3.01. The number of rotatable bonds is 3. The molecule has 1 heterocycles. The molecule has 0 aliphatic rings. The zero-order valence-corrected chi connectivity index (χ0v) is 12.6. The Kier molecular flexibility index (Phi) is 4.69. The Morgan fingerprint density at radius 3 is 2.55 bits per heavy atom. The van der Waals surface area contributed by atoms with Crippen LogP contribution in [-0.4, -0.2) is 27.2 Å². The third-order valence-corrected chi connectivity index (χ3v) is 3.57. The van der Waals surface area contributed by atoms with Gasteiger partial charge in [-0.2, -0.15) is 4.98 Å². The van der Waals surface area contributed by atoms with Crippen molar-refractivity contribution in [3.05, 3.63) is 40.0 Å². The normalized spacial score (nSPS) is 10.3. The molecule has 8 heteroatoms. The predicted molar refractivity (Wildman–Crippen MR) is 79.9 cm³/mol. The van der Waals surface area contributed by atoms with Gasteiger partial charge in [-0.05, 0) is 18.4 Å². The van der Waals surface area contributed by atoms with Gasteiger partial charge in [0.1, 0.15) is 5.56 Å². The third kappa shape index (κ3) is 3.15. The van der Waals surface area contributed by atoms with Crippen LogP contribution < -0.4 is 5.32 Å². The molecule has 2 N–H and O–H groups in total. The van der Waals surface area contributed by atoms with Gasteiger partial charge >= 0.3 is 0 Å². The molecule has 0 saturated heterocycles. The second-order valence-electron chi connectivity index (χ2n) is 3.64. The average Bonchev–Trinajstić information content (AvgIpc) is 2.42. The molecule has 1 amide bonds. The van der Waals surface area contributed by atoms with Crippen molar-refractivity contribution in [2.75, 3.05) is 11.6 Å². The number of para-hydroxylation sites is 1. The number of halogens is 2. The molecule has 0 aliphatic heterocycles. The van der Waals surface area contributed by atoms with Crippen LogP contribution in [0.4, 0.5) is 5.69 Å². The van der Waals surface area contributed by atoms with Gasteiger partial charge in [0.15, 0.2) is 5.16 Å². The largest absolute Gasteiger partial charge is 0.493 e. The van der Waals surface area contributed by atoms with Crippen LogP contribution in [0.1, 0.15) is 10.4 Å². The molecule has 5 nitrogen and oxygen atoms in total. The SMILES string of the molecule is CSc1ncc(C(=O)Nc2c(Cl)cccc2Cl)c(O)n1. The fourth-order valence-electron chi connectivity index (χ4n) is 1.41. The Morgan fingerprint density at radius 2 is 2.00 bits per heavy atom. The van der Waals surface area contributed by atoms with Crippen LogP contribution in [0.2, 0.25) is 10.0 Å². The number of aromatic hydroxyl groups is 1. The van der Waals surface area contributed by atoms with E-state index in [-0.39, 0.29) is 11.3 Å². The van der Waals surface area contributed by atoms with E-state index in [0.29, 0.717) is 15.2 Å². The van der Waals surface area contributed by atoms with Gasteiger partial charge in [0.05, 0.1) is 15.7 Å². The van der Waals surface area contributed by atoms with Crippen LogP contribution in [0.5, 0.6) is 5.88 Å². The zero-order chi connectivity index (χ0) is 14.7. The van der Waals surface area contributed by atoms with Crippen molar-refractivity contribution < 1.29 is 9.90 Å². The second kappa shape index (κ2) is 6.30. The van der Waals surface area contributed by atoms with Gasteiger partial charge < -0.3 is 10.4 Å². The maximum Gasteiger partial charge on any atom is 0.262 e. The number of aromatic nitrogens is 2. The fourth-order valence-corrected chi connectivity index (χ4v) is 2.24. The van der Waals surface area contributed by atoms with Crippen LogP contribution in [-0.2, 0) is 0 Å². The molecular weight excluding hydrogens is 321 g/mol. The highest BCUT2D eigenvalue weighted by atomic mass is 35.5. The number of amides is 1. The average molecular weight is 330 g/mol. The van der Waals surface area contributed by atoms with Crippen molar-refractivity contribution in [2.24, 2.45) is 0 Å². The summed E-state index contributed by atoms with van der Waals surface area (Å²) in [5.41, 5.74) is 0.216. The van der Waals surface area contributed by atoms with Gasteiger partial charge in [0, 0.05) is 6.20 Å². The second-order valence-corrected chi connectivity index (χ2v) is 5.23. The van der Waals surface area contributed by atoms with E-state index in [4.69, 9.17) is 23.2 Å². The van der Waals surface area contributed by atoms with E-state index in [1.165, 1.54) is 18.0 Å². The Labute approximate surface area is 129 Å². The number of benzene rings is 1. The first kappa shape index (κ1) is 14.9. The van der Waals surface area contributed by atoms with Crippen molar-refractivity contribution in [1.29, 1.82) is 0 Å². The van der Waals surface area contributed by atoms with Gasteiger partial charge in [-0.1, -0.05) is 41.0 Å². The zero-order valence-electron chi connectivity index (χ0n) is 10.2. The number of hydrogen-bond acceptors (Lipinski definition) is 5. The third-order valence-electron chi connectivity index (χ3n) is 2.38. The maximum absolute atomic E-state index is 12.1. The number of anilines is 1. The molecule has 0 bridgehead atoms. The standard InChI is InChI=1S/C12H9Cl2N3O2S/c1-20-12-15-5-6(11(19)17-12)10(18)16-9-7(13)3-2-4-8(9)14/h2-5H,1H3,(H,16,18)(H,15,17,19). The topological polar surface area (TPSA) is 75.1 Å². The van der Waals surface area contributed by atoms with Gasteiger partial charge in [-0.15, -0.1) is 0 Å². The van der Waals surface area contributed by atoms with Crippen LogP contribution in [0.3, 0.4) is 0 Å². The molecule has 0 radical (unpaired) electrons. The fraction of sp³-hybridized carbons (Fsp3) is 0.0833. The summed E-state index contributed by atoms with van der Waals surface area (Å²) in [4.78, 5) is 19.8. The lowest BCUT2D eigenvalue weighted by Gasteiger charge is -2.09. The molecule has 0 spiro atoms. The quantitative estimate of drug-likeness (QED) is 0.666. The Morgan fingerprint density at radius 1 is 1.35 bits per heavy atom. The van der Waals surface area contributed by atoms with Crippen LogP contribution in [0, 0.1) is 0 Å². The van der Waals surface area contributed by atoms with E-state index < -0.39 is 11.8 Å². The van der Waals surface area contributed by atoms with E-state index in [1.54, 1.807) is 24.5 Å². The van der Waals surface area contributed by atoms with E-state index >= 15 is 0 Å². The summed E-state index contributed by atoms with van der Waals surface area (Å²) < 4.78 is 0. The molecule has 2 rings (SSSR count). The van der Waals surface area contributed by atoms with Crippen LogP contribution >= 0.6 is 35.0 Å². The highest BCUT2D eigenvalue weighted by Gasteiger charge is 2.16. The van der Waals surface area contributed by atoms with Gasteiger partial charge in [0.2, 0.25) is 5.88 Å². The number of nitrogens with zero attached hydrogens (tertiary/aromatic N) is 2. The summed E-state index contributed by atoms with van der Waals surface area (Å²) in [7, 11) is 0. The highest BCUT2D eigenvalue weighted by molar-refractivity contribution is 7.98. The summed E-state index contributed by atoms with van der Waals surface area (Å²) in [6.45, 7) is 0. The molecule has 104 valence electrons. The van der Waals surface area contributed by atoms with Crippen molar-refractivity contribution >= 4 is 46.6 Å². The van der Waals surface area contributed by atoms with E-state index in [2.05, 4.69) is 15.3 Å². The van der Waals surface area contributed by atoms with Crippen LogP contribution in [0.15, 0.2) is 29.6 Å². The number of thioether (sulfide) groups is 1. The molecule has 0 atom stereocenters. The Bertz CT molecular complexity index is 647. The summed E-state index contributed by atoms with van der Waals surface area (Å²) in [6, 6.07) is 4.85. The molecule has 1 aromatic heterocycles. The monoisotopic (exact) mass is 329 g/mol.